The summed E-state index contributed by atoms with van der Waals surface area (Å²) < 4.78 is 32.0. The second-order valence-corrected chi connectivity index (χ2v) is 4.90. The lowest BCUT2D eigenvalue weighted by molar-refractivity contribution is 0.0594. The van der Waals surface area contributed by atoms with Gasteiger partial charge in [0.15, 0.2) is 0 Å². The molecule has 0 saturated carbocycles. The van der Waals surface area contributed by atoms with Gasteiger partial charge in [0.25, 0.3) is 0 Å². The summed E-state index contributed by atoms with van der Waals surface area (Å²) in [5.41, 5.74) is 0.663. The molecule has 0 unspecified atom stereocenters. The van der Waals surface area contributed by atoms with Crippen molar-refractivity contribution in [2.45, 2.75) is 6.54 Å². The van der Waals surface area contributed by atoms with Crippen LogP contribution in [0.2, 0.25) is 0 Å². The SMILES string of the molecule is COC(=O)c1ccc(CNc2c(F)cc(Br)cc2F)[nH]1. The number of anilines is 1. The van der Waals surface area contributed by atoms with Crippen molar-refractivity contribution in [3.8, 4) is 0 Å². The Kier molecular flexibility index (Phi) is 4.39. The van der Waals surface area contributed by atoms with E-state index in [1.54, 1.807) is 6.07 Å². The van der Waals surface area contributed by atoms with Gasteiger partial charge in [0, 0.05) is 10.2 Å². The van der Waals surface area contributed by atoms with Crippen LogP contribution in [0.15, 0.2) is 28.7 Å². The summed E-state index contributed by atoms with van der Waals surface area (Å²) >= 11 is 3.00. The molecule has 20 heavy (non-hydrogen) atoms. The number of ether oxygens (including phenoxy) is 1. The summed E-state index contributed by atoms with van der Waals surface area (Å²) in [4.78, 5) is 14.0. The van der Waals surface area contributed by atoms with Gasteiger partial charge in [-0.05, 0) is 24.3 Å². The number of esters is 1. The van der Waals surface area contributed by atoms with Crippen molar-refractivity contribution in [2.75, 3.05) is 12.4 Å². The number of aromatic nitrogens is 1. The Morgan fingerprint density at radius 1 is 1.35 bits per heavy atom. The first-order chi connectivity index (χ1) is 9.51. The normalized spacial score (nSPS) is 10.4. The summed E-state index contributed by atoms with van der Waals surface area (Å²) in [5.74, 6) is -1.90. The molecule has 1 aromatic carbocycles. The first-order valence-corrected chi connectivity index (χ1v) is 6.45. The Hall–Kier alpha value is -1.89. The number of nitrogens with one attached hydrogen (secondary N) is 2. The number of benzene rings is 1. The molecule has 106 valence electrons. The Labute approximate surface area is 122 Å². The van der Waals surface area contributed by atoms with Crippen LogP contribution in [0.4, 0.5) is 14.5 Å². The molecule has 0 aliphatic heterocycles. The third kappa shape index (κ3) is 3.16. The molecule has 1 heterocycles. The summed E-state index contributed by atoms with van der Waals surface area (Å²) in [6, 6.07) is 5.51. The van der Waals surface area contributed by atoms with E-state index in [4.69, 9.17) is 0 Å². The smallest absolute Gasteiger partial charge is 0.354 e. The molecule has 1 aromatic heterocycles. The van der Waals surface area contributed by atoms with Gasteiger partial charge in [-0.2, -0.15) is 0 Å². The maximum atomic E-state index is 13.6. The average molecular weight is 345 g/mol. The van der Waals surface area contributed by atoms with E-state index in [1.165, 1.54) is 25.3 Å². The molecule has 2 rings (SSSR count). The van der Waals surface area contributed by atoms with Gasteiger partial charge in [0.2, 0.25) is 0 Å². The minimum absolute atomic E-state index is 0.145. The number of methoxy groups -OCH3 is 1. The molecule has 7 heteroatoms. The van der Waals surface area contributed by atoms with Crippen LogP contribution < -0.4 is 5.32 Å². The van der Waals surface area contributed by atoms with Crippen molar-refractivity contribution in [3.63, 3.8) is 0 Å². The monoisotopic (exact) mass is 344 g/mol. The highest BCUT2D eigenvalue weighted by molar-refractivity contribution is 9.10. The molecule has 0 fully saturated rings. The number of H-pyrrole nitrogens is 1. The molecule has 0 aliphatic rings. The molecule has 0 spiro atoms. The van der Waals surface area contributed by atoms with Crippen molar-refractivity contribution in [1.29, 1.82) is 0 Å². The lowest BCUT2D eigenvalue weighted by atomic mass is 10.3. The van der Waals surface area contributed by atoms with E-state index in [0.717, 1.165) is 0 Å². The van der Waals surface area contributed by atoms with Crippen LogP contribution in [-0.4, -0.2) is 18.1 Å². The van der Waals surface area contributed by atoms with E-state index in [1.807, 2.05) is 0 Å². The van der Waals surface area contributed by atoms with Crippen molar-refractivity contribution >= 4 is 27.6 Å². The predicted molar refractivity (Wildman–Crippen MR) is 73.5 cm³/mol. The largest absolute Gasteiger partial charge is 0.464 e. The maximum Gasteiger partial charge on any atom is 0.354 e. The predicted octanol–water partition coefficient (Wildman–Crippen LogP) is 3.45. The molecule has 0 atom stereocenters. The molecule has 0 bridgehead atoms. The summed E-state index contributed by atoms with van der Waals surface area (Å²) in [6.07, 6.45) is 0. The number of halogens is 3. The first-order valence-electron chi connectivity index (χ1n) is 5.66. The minimum Gasteiger partial charge on any atom is -0.464 e. The van der Waals surface area contributed by atoms with Gasteiger partial charge in [-0.15, -0.1) is 0 Å². The van der Waals surface area contributed by atoms with Crippen molar-refractivity contribution < 1.29 is 18.3 Å². The molecule has 4 nitrogen and oxygen atoms in total. The van der Waals surface area contributed by atoms with Crippen LogP contribution in [-0.2, 0) is 11.3 Å². The van der Waals surface area contributed by atoms with Gasteiger partial charge in [-0.3, -0.25) is 0 Å². The average Bonchev–Trinajstić information content (AvgIpc) is 2.85. The Bertz CT molecular complexity index is 620. The lowest BCUT2D eigenvalue weighted by Gasteiger charge is -2.08. The second-order valence-electron chi connectivity index (χ2n) is 3.99. The van der Waals surface area contributed by atoms with Gasteiger partial charge >= 0.3 is 5.97 Å². The Balaban J connectivity index is 2.09. The molecular formula is C13H11BrF2N2O2. The number of aromatic amines is 1. The van der Waals surface area contributed by atoms with Gasteiger partial charge in [0.05, 0.1) is 13.7 Å². The topological polar surface area (TPSA) is 54.1 Å². The highest BCUT2D eigenvalue weighted by atomic mass is 79.9. The number of rotatable bonds is 4. The number of carbonyl (C=O) groups is 1. The summed E-state index contributed by atoms with van der Waals surface area (Å²) in [5, 5.41) is 2.64. The zero-order chi connectivity index (χ0) is 14.7. The van der Waals surface area contributed by atoms with Gasteiger partial charge in [-0.25, -0.2) is 13.6 Å². The van der Waals surface area contributed by atoms with Crippen LogP contribution >= 0.6 is 15.9 Å². The summed E-state index contributed by atoms with van der Waals surface area (Å²) in [7, 11) is 1.27. The fourth-order valence-corrected chi connectivity index (χ4v) is 2.07. The standard InChI is InChI=1S/C13H11BrF2N2O2/c1-20-13(19)11-3-2-8(18-11)6-17-12-9(15)4-7(14)5-10(12)16/h2-5,17-18H,6H2,1H3. The third-order valence-corrected chi connectivity index (χ3v) is 3.07. The number of carbonyl (C=O) groups excluding carboxylic acids is 1. The van der Waals surface area contributed by atoms with E-state index < -0.39 is 17.6 Å². The van der Waals surface area contributed by atoms with Crippen LogP contribution in [0.1, 0.15) is 16.2 Å². The highest BCUT2D eigenvalue weighted by Gasteiger charge is 2.12. The fraction of sp³-hybridized carbons (Fsp3) is 0.154. The van der Waals surface area contributed by atoms with Crippen molar-refractivity contribution in [2.24, 2.45) is 0 Å². The quantitative estimate of drug-likeness (QED) is 0.835. The van der Waals surface area contributed by atoms with Crippen molar-refractivity contribution in [1.82, 2.24) is 4.98 Å². The Morgan fingerprint density at radius 2 is 2.00 bits per heavy atom. The van der Waals surface area contributed by atoms with Gasteiger partial charge in [-0.1, -0.05) is 15.9 Å². The van der Waals surface area contributed by atoms with E-state index >= 15 is 0 Å². The second kappa shape index (κ2) is 6.04. The summed E-state index contributed by atoms with van der Waals surface area (Å²) in [6.45, 7) is 0.145. The molecule has 0 radical (unpaired) electrons. The van der Waals surface area contributed by atoms with E-state index in [2.05, 4.69) is 31.0 Å². The molecule has 2 aromatic rings. The number of hydrogen-bond donors (Lipinski definition) is 2. The van der Waals surface area contributed by atoms with Crippen LogP contribution in [0.3, 0.4) is 0 Å². The van der Waals surface area contributed by atoms with E-state index in [9.17, 15) is 13.6 Å². The maximum absolute atomic E-state index is 13.6. The molecular weight excluding hydrogens is 334 g/mol. The fourth-order valence-electron chi connectivity index (χ4n) is 1.67. The lowest BCUT2D eigenvalue weighted by Crippen LogP contribution is -2.06. The van der Waals surface area contributed by atoms with Gasteiger partial charge in [0.1, 0.15) is 23.0 Å². The van der Waals surface area contributed by atoms with Crippen molar-refractivity contribution in [3.05, 3.63) is 51.8 Å². The third-order valence-electron chi connectivity index (χ3n) is 2.61. The molecule has 0 amide bonds. The molecule has 0 saturated heterocycles. The first kappa shape index (κ1) is 14.5. The number of hydrogen-bond acceptors (Lipinski definition) is 3. The van der Waals surface area contributed by atoms with E-state index in [-0.39, 0.29) is 17.9 Å². The minimum atomic E-state index is -0.698. The van der Waals surface area contributed by atoms with Crippen LogP contribution in [0.5, 0.6) is 0 Å². The van der Waals surface area contributed by atoms with Crippen LogP contribution in [0, 0.1) is 11.6 Å². The Morgan fingerprint density at radius 3 is 2.60 bits per heavy atom. The molecule has 2 N–H and O–H groups in total. The highest BCUT2D eigenvalue weighted by Crippen LogP contribution is 2.24. The zero-order valence-corrected chi connectivity index (χ0v) is 12.1. The van der Waals surface area contributed by atoms with Crippen LogP contribution in [0.25, 0.3) is 0 Å². The zero-order valence-electron chi connectivity index (χ0n) is 10.5. The van der Waals surface area contributed by atoms with Gasteiger partial charge < -0.3 is 15.0 Å². The van der Waals surface area contributed by atoms with E-state index in [0.29, 0.717) is 10.2 Å². The molecule has 0 aliphatic carbocycles.